The van der Waals surface area contributed by atoms with Crippen molar-refractivity contribution in [1.82, 2.24) is 5.32 Å². The van der Waals surface area contributed by atoms with E-state index in [1.807, 2.05) is 0 Å². The first kappa shape index (κ1) is 82.0. The molecule has 2 aliphatic rings. The molecule has 12 unspecified atom stereocenters. The van der Waals surface area contributed by atoms with Crippen LogP contribution in [0.1, 0.15) is 322 Å². The van der Waals surface area contributed by atoms with Gasteiger partial charge in [0.05, 0.1) is 32.0 Å². The molecule has 516 valence electrons. The molecule has 9 N–H and O–H groups in total. The van der Waals surface area contributed by atoms with E-state index in [1.54, 1.807) is 0 Å². The zero-order valence-corrected chi connectivity index (χ0v) is 56.2. The molecular weight excluding hydrogens is 1110 g/mol. The maximum atomic E-state index is 13.4. The van der Waals surface area contributed by atoms with Crippen molar-refractivity contribution in [1.29, 1.82) is 0 Å². The van der Waals surface area contributed by atoms with Gasteiger partial charge in [-0.25, -0.2) is 0 Å². The van der Waals surface area contributed by atoms with E-state index in [9.17, 15) is 45.6 Å². The number of aliphatic hydroxyl groups excluding tert-OH is 8. The second kappa shape index (κ2) is 58.7. The Hall–Kier alpha value is -2.05. The highest BCUT2D eigenvalue weighted by Gasteiger charge is 2.51. The first-order chi connectivity index (χ1) is 43.1. The van der Waals surface area contributed by atoms with Gasteiger partial charge in [-0.05, 0) is 51.4 Å². The van der Waals surface area contributed by atoms with Crippen LogP contribution in [-0.4, -0.2) is 140 Å². The number of ether oxygens (including phenoxy) is 4. The van der Waals surface area contributed by atoms with Crippen molar-refractivity contribution in [2.24, 2.45) is 0 Å². The molecule has 2 aliphatic heterocycles. The Morgan fingerprint density at radius 2 is 0.784 bits per heavy atom. The monoisotopic (exact) mass is 1250 g/mol. The number of hydrogen-bond acceptors (Lipinski definition) is 13. The van der Waals surface area contributed by atoms with Crippen LogP contribution in [0.2, 0.25) is 0 Å². The highest BCUT2D eigenvalue weighted by atomic mass is 16.7. The summed E-state index contributed by atoms with van der Waals surface area (Å²) in [6.07, 6.45) is 59.9. The molecule has 0 aromatic rings. The van der Waals surface area contributed by atoms with Gasteiger partial charge in [-0.3, -0.25) is 4.79 Å². The number of allylic oxidation sites excluding steroid dienone is 8. The number of nitrogens with one attached hydrogen (secondary N) is 1. The zero-order valence-electron chi connectivity index (χ0n) is 56.2. The molecule has 2 rings (SSSR count). The number of hydrogen-bond donors (Lipinski definition) is 9. The summed E-state index contributed by atoms with van der Waals surface area (Å²) >= 11 is 0. The van der Waals surface area contributed by atoms with Crippen LogP contribution in [0.4, 0.5) is 0 Å². The summed E-state index contributed by atoms with van der Waals surface area (Å²) in [6.45, 7) is 2.79. The molecule has 2 saturated heterocycles. The first-order valence-corrected chi connectivity index (χ1v) is 36.9. The lowest BCUT2D eigenvalue weighted by Gasteiger charge is -2.46. The molecule has 14 heteroatoms. The fourth-order valence-corrected chi connectivity index (χ4v) is 12.2. The second-order valence-corrected chi connectivity index (χ2v) is 26.0. The second-order valence-electron chi connectivity index (χ2n) is 26.0. The average molecular weight is 1250 g/mol. The molecule has 2 heterocycles. The molecule has 12 atom stereocenters. The Balaban J connectivity index is 1.64. The number of amides is 1. The van der Waals surface area contributed by atoms with Crippen LogP contribution in [0, 0.1) is 0 Å². The van der Waals surface area contributed by atoms with Gasteiger partial charge in [-0.15, -0.1) is 0 Å². The number of carbonyl (C=O) groups is 1. The summed E-state index contributed by atoms with van der Waals surface area (Å²) < 4.78 is 22.9. The predicted molar refractivity (Wildman–Crippen MR) is 360 cm³/mol. The molecule has 0 aliphatic carbocycles. The van der Waals surface area contributed by atoms with E-state index in [0.29, 0.717) is 12.8 Å². The molecule has 14 nitrogen and oxygen atoms in total. The van der Waals surface area contributed by atoms with Crippen molar-refractivity contribution < 1.29 is 64.6 Å². The van der Waals surface area contributed by atoms with Gasteiger partial charge in [-0.1, -0.05) is 313 Å². The van der Waals surface area contributed by atoms with Crippen LogP contribution in [-0.2, 0) is 23.7 Å². The van der Waals surface area contributed by atoms with Crippen LogP contribution < -0.4 is 5.32 Å². The molecule has 0 aromatic heterocycles. The van der Waals surface area contributed by atoms with Gasteiger partial charge in [-0.2, -0.15) is 0 Å². The van der Waals surface area contributed by atoms with Crippen molar-refractivity contribution in [2.45, 2.75) is 396 Å². The minimum Gasteiger partial charge on any atom is -0.394 e. The third-order valence-electron chi connectivity index (χ3n) is 18.1. The lowest BCUT2D eigenvalue weighted by atomic mass is 9.97. The topological polar surface area (TPSA) is 228 Å². The Labute approximate surface area is 537 Å². The number of unbranched alkanes of at least 4 members (excludes halogenated alkanes) is 40. The highest BCUT2D eigenvalue weighted by molar-refractivity contribution is 5.76. The molecule has 0 radical (unpaired) electrons. The SMILES string of the molecule is CC/C=C\C/C=C\C/C=C\C/C=C\CCCCCCCCCCCCC(=O)NC(COC1OC(CO)C(OC2OC(CO)C(O)C(O)C2O)C(O)C1O)C(O)CCCCCCCCCCCCCCCCCCCCCCCCCCCCCCCCC. The summed E-state index contributed by atoms with van der Waals surface area (Å²) in [4.78, 5) is 13.4. The van der Waals surface area contributed by atoms with Gasteiger partial charge in [0.2, 0.25) is 5.91 Å². The molecule has 0 saturated carbocycles. The van der Waals surface area contributed by atoms with Crippen molar-refractivity contribution in [3.8, 4) is 0 Å². The summed E-state index contributed by atoms with van der Waals surface area (Å²) in [7, 11) is 0. The molecule has 0 spiro atoms. The van der Waals surface area contributed by atoms with E-state index in [4.69, 9.17) is 18.9 Å². The van der Waals surface area contributed by atoms with E-state index >= 15 is 0 Å². The minimum absolute atomic E-state index is 0.208. The minimum atomic E-state index is -1.78. The molecule has 1 amide bonds. The van der Waals surface area contributed by atoms with Crippen LogP contribution in [0.5, 0.6) is 0 Å². The van der Waals surface area contributed by atoms with Gasteiger partial charge >= 0.3 is 0 Å². The highest BCUT2D eigenvalue weighted by Crippen LogP contribution is 2.30. The summed E-state index contributed by atoms with van der Waals surface area (Å²) in [5.74, 6) is -0.208. The normalized spacial score (nSPS) is 23.4. The van der Waals surface area contributed by atoms with Crippen molar-refractivity contribution in [2.75, 3.05) is 19.8 Å². The fraction of sp³-hybridized carbons (Fsp3) is 0.878. The zero-order chi connectivity index (χ0) is 63.8. The number of aliphatic hydroxyl groups is 8. The third kappa shape index (κ3) is 42.2. The smallest absolute Gasteiger partial charge is 0.220 e. The van der Waals surface area contributed by atoms with Crippen LogP contribution in [0.25, 0.3) is 0 Å². The maximum absolute atomic E-state index is 13.4. The summed E-state index contributed by atoms with van der Waals surface area (Å²) in [5, 5.41) is 87.7. The Kier molecular flexibility index (Phi) is 54.8. The van der Waals surface area contributed by atoms with Crippen LogP contribution >= 0.6 is 0 Å². The van der Waals surface area contributed by atoms with Crippen molar-refractivity contribution in [3.63, 3.8) is 0 Å². The Bertz CT molecular complexity index is 1660. The molecule has 0 aromatic carbocycles. The lowest BCUT2D eigenvalue weighted by Crippen LogP contribution is -2.65. The molecule has 88 heavy (non-hydrogen) atoms. The summed E-state index contributed by atoms with van der Waals surface area (Å²) in [6, 6.07) is -0.835. The van der Waals surface area contributed by atoms with Gasteiger partial charge in [0.15, 0.2) is 12.6 Å². The maximum Gasteiger partial charge on any atom is 0.220 e. The molecular formula is C74H137NO13. The standard InChI is InChI=1S/C74H137NO13/c1-3-5-7-9-11-13-15-17-19-21-23-25-27-28-29-30-31-32-33-34-36-37-39-41-43-45-47-49-51-53-55-57-63(78)62(61-85-73-71(84)69(82)72(65(60-77)87-73)88-74-70(83)68(81)67(80)64(59-76)86-74)75-66(79)58-56-54-52-50-48-46-44-42-40-38-35-26-24-22-20-18-16-14-12-10-8-6-4-2/h6,8,12,14,18,20,24,26,62-65,67-74,76-78,80-84H,3-5,7,9-11,13,15-17,19,21-23,25,27-61H2,1-2H3,(H,75,79)/b8-6-,14-12-,20-18-,26-24-. The molecule has 0 bridgehead atoms. The molecule has 2 fully saturated rings. The average Bonchev–Trinajstić information content (AvgIpc) is 1.78. The van der Waals surface area contributed by atoms with E-state index < -0.39 is 86.8 Å². The van der Waals surface area contributed by atoms with Gasteiger partial charge in [0.25, 0.3) is 0 Å². The lowest BCUT2D eigenvalue weighted by molar-refractivity contribution is -0.359. The quantitative estimate of drug-likeness (QED) is 0.0204. The first-order valence-electron chi connectivity index (χ1n) is 36.9. The van der Waals surface area contributed by atoms with Gasteiger partial charge in [0.1, 0.15) is 48.8 Å². The van der Waals surface area contributed by atoms with Crippen molar-refractivity contribution in [3.05, 3.63) is 48.6 Å². The Morgan fingerprint density at radius 3 is 1.20 bits per heavy atom. The van der Waals surface area contributed by atoms with E-state index in [-0.39, 0.29) is 12.5 Å². The predicted octanol–water partition coefficient (Wildman–Crippen LogP) is 15.5. The fourth-order valence-electron chi connectivity index (χ4n) is 12.2. The van der Waals surface area contributed by atoms with E-state index in [2.05, 4.69) is 67.8 Å². The van der Waals surface area contributed by atoms with E-state index in [0.717, 1.165) is 83.5 Å². The summed E-state index contributed by atoms with van der Waals surface area (Å²) in [5.41, 5.74) is 0. The largest absolute Gasteiger partial charge is 0.394 e. The van der Waals surface area contributed by atoms with Crippen LogP contribution in [0.3, 0.4) is 0 Å². The number of rotatable bonds is 61. The Morgan fingerprint density at radius 1 is 0.420 bits per heavy atom. The van der Waals surface area contributed by atoms with E-state index in [1.165, 1.54) is 212 Å². The van der Waals surface area contributed by atoms with Gasteiger partial charge < -0.3 is 65.1 Å². The van der Waals surface area contributed by atoms with Crippen LogP contribution in [0.15, 0.2) is 48.6 Å². The number of carbonyl (C=O) groups excluding carboxylic acids is 1. The van der Waals surface area contributed by atoms with Gasteiger partial charge in [0, 0.05) is 6.42 Å². The third-order valence-corrected chi connectivity index (χ3v) is 18.1. The van der Waals surface area contributed by atoms with Crippen molar-refractivity contribution >= 4 is 5.91 Å².